The number of benzene rings is 2. The highest BCUT2D eigenvalue weighted by Crippen LogP contribution is 2.23. The molecule has 9 nitrogen and oxygen atoms in total. The summed E-state index contributed by atoms with van der Waals surface area (Å²) in [5.41, 5.74) is 2.15. The number of nitrogens with one attached hydrogen (secondary N) is 1. The molecule has 1 aliphatic rings. The maximum Gasteiger partial charge on any atom is 0.243 e. The van der Waals surface area contributed by atoms with E-state index in [0.29, 0.717) is 37.2 Å². The molecule has 0 saturated carbocycles. The lowest BCUT2D eigenvalue weighted by molar-refractivity contribution is -0.121. The molecule has 2 heterocycles. The van der Waals surface area contributed by atoms with E-state index in [1.54, 1.807) is 30.0 Å². The molecule has 1 amide bonds. The van der Waals surface area contributed by atoms with Gasteiger partial charge in [0.2, 0.25) is 15.9 Å². The number of carbonyl (C=O) groups is 1. The van der Waals surface area contributed by atoms with Crippen molar-refractivity contribution >= 4 is 27.0 Å². The van der Waals surface area contributed by atoms with Crippen molar-refractivity contribution < 1.29 is 17.9 Å². The predicted octanol–water partition coefficient (Wildman–Crippen LogP) is 2.32. The third-order valence-corrected chi connectivity index (χ3v) is 7.51. The van der Waals surface area contributed by atoms with Crippen molar-refractivity contribution in [2.75, 3.05) is 20.2 Å². The molecule has 170 valence electrons. The molecule has 1 aromatic heterocycles. The van der Waals surface area contributed by atoms with Crippen LogP contribution >= 0.6 is 0 Å². The summed E-state index contributed by atoms with van der Waals surface area (Å²) in [7, 11) is -1.92. The standard InChI is InChI=1S/C22H27N5O4S/c1-31-18-7-5-6-17(14-18)16-23-22(28)10-13-27-21-9-8-19(15-20(21)24-25-27)32(29,30)26-11-3-2-4-12-26/h5-9,14-15H,2-4,10-13,16H2,1H3,(H,23,28). The summed E-state index contributed by atoms with van der Waals surface area (Å²) in [6.07, 6.45) is 3.07. The first-order chi connectivity index (χ1) is 15.5. The van der Waals surface area contributed by atoms with Crippen LogP contribution in [0.5, 0.6) is 5.75 Å². The van der Waals surface area contributed by atoms with Gasteiger partial charge < -0.3 is 10.1 Å². The maximum atomic E-state index is 12.9. The summed E-state index contributed by atoms with van der Waals surface area (Å²) in [6.45, 7) is 1.86. The lowest BCUT2D eigenvalue weighted by atomic mass is 10.2. The first kappa shape index (κ1) is 22.2. The Morgan fingerprint density at radius 2 is 1.94 bits per heavy atom. The number of fused-ring (bicyclic) bond motifs is 1. The minimum atomic E-state index is -3.53. The molecular weight excluding hydrogens is 430 g/mol. The highest BCUT2D eigenvalue weighted by Gasteiger charge is 2.26. The van der Waals surface area contributed by atoms with Crippen molar-refractivity contribution in [3.8, 4) is 5.75 Å². The SMILES string of the molecule is COc1cccc(CNC(=O)CCn2nnc3cc(S(=O)(=O)N4CCCCC4)ccc32)c1. The summed E-state index contributed by atoms with van der Waals surface area (Å²) >= 11 is 0. The molecule has 2 aromatic carbocycles. The summed E-state index contributed by atoms with van der Waals surface area (Å²) in [4.78, 5) is 12.5. The summed E-state index contributed by atoms with van der Waals surface area (Å²) in [6, 6.07) is 12.4. The van der Waals surface area contributed by atoms with Crippen LogP contribution in [-0.4, -0.2) is 53.8 Å². The van der Waals surface area contributed by atoms with Gasteiger partial charge in [-0.3, -0.25) is 4.79 Å². The number of hydrogen-bond donors (Lipinski definition) is 1. The summed E-state index contributed by atoms with van der Waals surface area (Å²) < 4.78 is 34.1. The van der Waals surface area contributed by atoms with Gasteiger partial charge in [-0.1, -0.05) is 23.8 Å². The monoisotopic (exact) mass is 457 g/mol. The Bertz CT molecular complexity index is 1200. The molecule has 3 aromatic rings. The smallest absolute Gasteiger partial charge is 0.243 e. The van der Waals surface area contributed by atoms with Crippen LogP contribution in [0.1, 0.15) is 31.2 Å². The zero-order valence-electron chi connectivity index (χ0n) is 18.0. The fraction of sp³-hybridized carbons (Fsp3) is 0.409. The Balaban J connectivity index is 1.38. The molecule has 1 aliphatic heterocycles. The third-order valence-electron chi connectivity index (χ3n) is 5.61. The molecule has 0 bridgehead atoms. The Kier molecular flexibility index (Phi) is 6.71. The molecule has 0 radical (unpaired) electrons. The Morgan fingerprint density at radius 3 is 2.72 bits per heavy atom. The molecule has 0 aliphatic carbocycles. The van der Waals surface area contributed by atoms with Crippen molar-refractivity contribution in [2.24, 2.45) is 0 Å². The van der Waals surface area contributed by atoms with Crippen molar-refractivity contribution in [1.29, 1.82) is 0 Å². The van der Waals surface area contributed by atoms with Gasteiger partial charge in [0, 0.05) is 26.1 Å². The van der Waals surface area contributed by atoms with Crippen LogP contribution in [0.15, 0.2) is 47.4 Å². The number of hydrogen-bond acceptors (Lipinski definition) is 6. The zero-order chi connectivity index (χ0) is 22.6. The van der Waals surface area contributed by atoms with E-state index in [0.717, 1.165) is 30.6 Å². The molecule has 10 heteroatoms. The van der Waals surface area contributed by atoms with Crippen LogP contribution in [-0.2, 0) is 27.9 Å². The Morgan fingerprint density at radius 1 is 1.12 bits per heavy atom. The van der Waals surface area contributed by atoms with Crippen molar-refractivity contribution in [2.45, 2.75) is 43.7 Å². The van der Waals surface area contributed by atoms with E-state index in [4.69, 9.17) is 4.74 Å². The molecule has 1 saturated heterocycles. The second-order valence-corrected chi connectivity index (χ2v) is 9.74. The average molecular weight is 458 g/mol. The minimum absolute atomic E-state index is 0.110. The van der Waals surface area contributed by atoms with E-state index >= 15 is 0 Å². The van der Waals surface area contributed by atoms with Crippen LogP contribution in [0.2, 0.25) is 0 Å². The molecule has 0 atom stereocenters. The Hall–Kier alpha value is -2.98. The highest BCUT2D eigenvalue weighted by atomic mass is 32.2. The third kappa shape index (κ3) is 4.91. The van der Waals surface area contributed by atoms with E-state index < -0.39 is 10.0 Å². The van der Waals surface area contributed by atoms with Gasteiger partial charge in [0.1, 0.15) is 11.3 Å². The van der Waals surface area contributed by atoms with Crippen molar-refractivity contribution in [1.82, 2.24) is 24.6 Å². The minimum Gasteiger partial charge on any atom is -0.497 e. The predicted molar refractivity (Wildman–Crippen MR) is 120 cm³/mol. The molecule has 32 heavy (non-hydrogen) atoms. The number of nitrogens with zero attached hydrogens (tertiary/aromatic N) is 4. The van der Waals surface area contributed by atoms with Gasteiger partial charge >= 0.3 is 0 Å². The summed E-state index contributed by atoms with van der Waals surface area (Å²) in [5, 5.41) is 11.1. The van der Waals surface area contributed by atoms with Crippen LogP contribution in [0, 0.1) is 0 Å². The maximum absolute atomic E-state index is 12.9. The van der Waals surface area contributed by atoms with Gasteiger partial charge in [0.25, 0.3) is 0 Å². The van der Waals surface area contributed by atoms with Crippen molar-refractivity contribution in [3.63, 3.8) is 0 Å². The lowest BCUT2D eigenvalue weighted by Gasteiger charge is -2.25. The van der Waals surface area contributed by atoms with Gasteiger partial charge in [-0.2, -0.15) is 4.31 Å². The molecular formula is C22H27N5O4S. The fourth-order valence-corrected chi connectivity index (χ4v) is 5.35. The number of ether oxygens (including phenoxy) is 1. The van der Waals surface area contributed by atoms with Gasteiger partial charge in [-0.25, -0.2) is 13.1 Å². The van der Waals surface area contributed by atoms with E-state index in [9.17, 15) is 13.2 Å². The van der Waals surface area contributed by atoms with Gasteiger partial charge in [0.15, 0.2) is 0 Å². The highest BCUT2D eigenvalue weighted by molar-refractivity contribution is 7.89. The Labute approximate surface area is 187 Å². The van der Waals surface area contributed by atoms with Crippen molar-refractivity contribution in [3.05, 3.63) is 48.0 Å². The number of aromatic nitrogens is 3. The van der Waals surface area contributed by atoms with Crippen LogP contribution < -0.4 is 10.1 Å². The van der Waals surface area contributed by atoms with Crippen LogP contribution in [0.3, 0.4) is 0 Å². The number of piperidine rings is 1. The normalized spacial score (nSPS) is 15.0. The number of carbonyl (C=O) groups excluding carboxylic acids is 1. The van der Waals surface area contributed by atoms with Crippen LogP contribution in [0.25, 0.3) is 11.0 Å². The molecule has 1 fully saturated rings. The molecule has 1 N–H and O–H groups in total. The van der Waals surface area contributed by atoms with Gasteiger partial charge in [0.05, 0.1) is 24.1 Å². The fourth-order valence-electron chi connectivity index (χ4n) is 3.81. The van der Waals surface area contributed by atoms with E-state index in [1.807, 2.05) is 24.3 Å². The number of methoxy groups -OCH3 is 1. The molecule has 0 spiro atoms. The second kappa shape index (κ2) is 9.66. The van der Waals surface area contributed by atoms with E-state index in [-0.39, 0.29) is 17.2 Å². The van der Waals surface area contributed by atoms with Gasteiger partial charge in [-0.15, -0.1) is 5.10 Å². The number of rotatable bonds is 8. The quantitative estimate of drug-likeness (QED) is 0.556. The zero-order valence-corrected chi connectivity index (χ0v) is 18.8. The summed E-state index contributed by atoms with van der Waals surface area (Å²) in [5.74, 6) is 0.633. The number of sulfonamides is 1. The average Bonchev–Trinajstić information content (AvgIpc) is 3.24. The van der Waals surface area contributed by atoms with Crippen LogP contribution in [0.4, 0.5) is 0 Å². The van der Waals surface area contributed by atoms with Gasteiger partial charge in [-0.05, 0) is 48.7 Å². The first-order valence-electron chi connectivity index (χ1n) is 10.7. The van der Waals surface area contributed by atoms with E-state index in [1.165, 1.54) is 4.31 Å². The van der Waals surface area contributed by atoms with E-state index in [2.05, 4.69) is 15.6 Å². The largest absolute Gasteiger partial charge is 0.497 e. The number of amides is 1. The topological polar surface area (TPSA) is 106 Å². The molecule has 4 rings (SSSR count). The second-order valence-electron chi connectivity index (χ2n) is 7.81. The first-order valence-corrected chi connectivity index (χ1v) is 12.1. The number of aryl methyl sites for hydroxylation is 1. The molecule has 0 unspecified atom stereocenters. The lowest BCUT2D eigenvalue weighted by Crippen LogP contribution is -2.35.